The Bertz CT molecular complexity index is 551. The zero-order valence-corrected chi connectivity index (χ0v) is 13.4. The van der Waals surface area contributed by atoms with Crippen molar-refractivity contribution < 1.29 is 0 Å². The molecule has 2 rings (SSSR count). The lowest BCUT2D eigenvalue weighted by Gasteiger charge is -2.05. The zero-order valence-electron chi connectivity index (χ0n) is 10.2. The molecule has 0 aliphatic rings. The van der Waals surface area contributed by atoms with Crippen molar-refractivity contribution in [3.63, 3.8) is 0 Å². The largest absolute Gasteiger partial charge is 0.307 e. The van der Waals surface area contributed by atoms with Crippen molar-refractivity contribution in [2.24, 2.45) is 7.05 Å². The molecule has 0 aromatic carbocycles. The molecule has 0 amide bonds. The second-order valence-electron chi connectivity index (χ2n) is 4.10. The molecule has 0 fully saturated rings. The fourth-order valence-electron chi connectivity index (χ4n) is 1.71. The molecule has 0 saturated heterocycles. The molecule has 2 heterocycles. The van der Waals surface area contributed by atoms with E-state index >= 15 is 0 Å². The van der Waals surface area contributed by atoms with Crippen LogP contribution in [0, 0.1) is 6.92 Å². The molecule has 0 unspecified atom stereocenters. The van der Waals surface area contributed by atoms with Gasteiger partial charge < -0.3 is 5.32 Å². The lowest BCUT2D eigenvalue weighted by molar-refractivity contribution is 0.674. The van der Waals surface area contributed by atoms with E-state index in [9.17, 15) is 0 Å². The summed E-state index contributed by atoms with van der Waals surface area (Å²) in [4.78, 5) is 4.36. The molecule has 0 spiro atoms. The van der Waals surface area contributed by atoms with Crippen molar-refractivity contribution in [2.75, 3.05) is 0 Å². The summed E-state index contributed by atoms with van der Waals surface area (Å²) in [5.74, 6) is 0. The molecule has 2 aromatic heterocycles. The van der Waals surface area contributed by atoms with Crippen LogP contribution in [0.25, 0.3) is 0 Å². The summed E-state index contributed by atoms with van der Waals surface area (Å²) in [6, 6.07) is 2.00. The van der Waals surface area contributed by atoms with Crippen molar-refractivity contribution in [1.29, 1.82) is 0 Å². The van der Waals surface area contributed by atoms with E-state index in [0.29, 0.717) is 0 Å². The minimum atomic E-state index is 0.724. The van der Waals surface area contributed by atoms with Gasteiger partial charge in [0, 0.05) is 47.0 Å². The van der Waals surface area contributed by atoms with Crippen LogP contribution < -0.4 is 5.32 Å². The van der Waals surface area contributed by atoms with Gasteiger partial charge in [0.25, 0.3) is 0 Å². The van der Waals surface area contributed by atoms with Crippen molar-refractivity contribution >= 4 is 31.9 Å². The Balaban J connectivity index is 1.94. The lowest BCUT2D eigenvalue weighted by Crippen LogP contribution is -2.14. The quantitative estimate of drug-likeness (QED) is 0.895. The average molecular weight is 374 g/mol. The number of pyridine rings is 1. The number of hydrogen-bond acceptors (Lipinski definition) is 3. The Kier molecular flexibility index (Phi) is 4.53. The third kappa shape index (κ3) is 3.40. The highest BCUT2D eigenvalue weighted by Crippen LogP contribution is 2.19. The second kappa shape index (κ2) is 5.95. The Labute approximate surface area is 123 Å². The SMILES string of the molecule is Cc1nn(C)cc1CNCc1ncc(Br)cc1Br. The molecule has 0 saturated carbocycles. The van der Waals surface area contributed by atoms with Gasteiger partial charge >= 0.3 is 0 Å². The molecule has 0 bridgehead atoms. The van der Waals surface area contributed by atoms with Crippen LogP contribution in [0.5, 0.6) is 0 Å². The third-order valence-electron chi connectivity index (χ3n) is 2.61. The number of nitrogens with one attached hydrogen (secondary N) is 1. The van der Waals surface area contributed by atoms with E-state index in [-0.39, 0.29) is 0 Å². The number of hydrogen-bond donors (Lipinski definition) is 1. The Morgan fingerprint density at radius 2 is 2.11 bits per heavy atom. The van der Waals surface area contributed by atoms with Crippen LogP contribution >= 0.6 is 31.9 Å². The van der Waals surface area contributed by atoms with E-state index in [2.05, 4.69) is 47.3 Å². The first kappa shape index (κ1) is 13.7. The van der Waals surface area contributed by atoms with E-state index in [1.807, 2.05) is 30.9 Å². The van der Waals surface area contributed by atoms with Crippen molar-refractivity contribution in [2.45, 2.75) is 20.0 Å². The van der Waals surface area contributed by atoms with Gasteiger partial charge in [-0.25, -0.2) is 0 Å². The predicted octanol–water partition coefficient (Wildman–Crippen LogP) is 2.94. The van der Waals surface area contributed by atoms with Crippen LogP contribution in [0.2, 0.25) is 0 Å². The second-order valence-corrected chi connectivity index (χ2v) is 5.87. The Hall–Kier alpha value is -0.720. The van der Waals surface area contributed by atoms with Crippen molar-refractivity contribution in [1.82, 2.24) is 20.1 Å². The van der Waals surface area contributed by atoms with Crippen LogP contribution in [0.4, 0.5) is 0 Å². The van der Waals surface area contributed by atoms with Crippen LogP contribution in [0.15, 0.2) is 27.4 Å². The number of aromatic nitrogens is 3. The van der Waals surface area contributed by atoms with Gasteiger partial charge in [-0.1, -0.05) is 0 Å². The normalized spacial score (nSPS) is 10.9. The van der Waals surface area contributed by atoms with Crippen molar-refractivity contribution in [3.8, 4) is 0 Å². The highest BCUT2D eigenvalue weighted by atomic mass is 79.9. The van der Waals surface area contributed by atoms with Crippen molar-refractivity contribution in [3.05, 3.63) is 44.4 Å². The Morgan fingerprint density at radius 1 is 1.33 bits per heavy atom. The van der Waals surface area contributed by atoms with Gasteiger partial charge in [0.05, 0.1) is 11.4 Å². The molecular formula is C12H14Br2N4. The van der Waals surface area contributed by atoms with Gasteiger partial charge in [-0.2, -0.15) is 5.10 Å². The molecule has 2 aromatic rings. The number of nitrogens with zero attached hydrogens (tertiary/aromatic N) is 3. The fraction of sp³-hybridized carbons (Fsp3) is 0.333. The average Bonchev–Trinajstić information content (AvgIpc) is 2.61. The van der Waals surface area contributed by atoms with E-state index in [0.717, 1.165) is 33.4 Å². The van der Waals surface area contributed by atoms with E-state index < -0.39 is 0 Å². The monoisotopic (exact) mass is 372 g/mol. The van der Waals surface area contributed by atoms with Crippen LogP contribution in [0.1, 0.15) is 17.0 Å². The van der Waals surface area contributed by atoms with Gasteiger partial charge in [-0.15, -0.1) is 0 Å². The first-order valence-corrected chi connectivity index (χ1v) is 7.14. The molecule has 18 heavy (non-hydrogen) atoms. The smallest absolute Gasteiger partial charge is 0.0684 e. The summed E-state index contributed by atoms with van der Waals surface area (Å²) in [5, 5.41) is 7.68. The summed E-state index contributed by atoms with van der Waals surface area (Å²) < 4.78 is 3.81. The van der Waals surface area contributed by atoms with Gasteiger partial charge in [-0.05, 0) is 44.8 Å². The Morgan fingerprint density at radius 3 is 2.72 bits per heavy atom. The minimum Gasteiger partial charge on any atom is -0.307 e. The highest BCUT2D eigenvalue weighted by molar-refractivity contribution is 9.11. The van der Waals surface area contributed by atoms with E-state index in [1.165, 1.54) is 5.56 Å². The van der Waals surface area contributed by atoms with E-state index in [1.54, 1.807) is 6.20 Å². The standard InChI is InChI=1S/C12H14Br2N4/c1-8-9(7-18(2)17-8)4-15-6-12-11(14)3-10(13)5-16-12/h3,5,7,15H,4,6H2,1-2H3. The summed E-state index contributed by atoms with van der Waals surface area (Å²) >= 11 is 6.89. The maximum absolute atomic E-state index is 4.36. The molecule has 0 atom stereocenters. The first-order valence-electron chi connectivity index (χ1n) is 5.56. The third-order valence-corrected chi connectivity index (χ3v) is 3.73. The first-order chi connectivity index (χ1) is 8.56. The fourth-order valence-corrected chi connectivity index (χ4v) is 2.84. The topological polar surface area (TPSA) is 42.7 Å². The summed E-state index contributed by atoms with van der Waals surface area (Å²) in [7, 11) is 1.93. The summed E-state index contributed by atoms with van der Waals surface area (Å²) in [6.45, 7) is 3.54. The molecule has 0 aliphatic heterocycles. The highest BCUT2D eigenvalue weighted by Gasteiger charge is 2.05. The predicted molar refractivity (Wildman–Crippen MR) is 78.1 cm³/mol. The maximum atomic E-state index is 4.36. The van der Waals surface area contributed by atoms with Gasteiger partial charge in [0.15, 0.2) is 0 Å². The van der Waals surface area contributed by atoms with Crippen LogP contribution in [-0.2, 0) is 20.1 Å². The lowest BCUT2D eigenvalue weighted by atomic mass is 10.2. The number of rotatable bonds is 4. The molecule has 6 heteroatoms. The van der Waals surface area contributed by atoms with Gasteiger partial charge in [0.1, 0.15) is 0 Å². The summed E-state index contributed by atoms with van der Waals surface area (Å²) in [5.41, 5.74) is 3.28. The number of aryl methyl sites for hydroxylation is 2. The molecule has 4 nitrogen and oxygen atoms in total. The van der Waals surface area contributed by atoms with Gasteiger partial charge in [-0.3, -0.25) is 9.67 Å². The molecule has 0 aliphatic carbocycles. The molecule has 96 valence electrons. The van der Waals surface area contributed by atoms with E-state index in [4.69, 9.17) is 0 Å². The van der Waals surface area contributed by atoms with Gasteiger partial charge in [0.2, 0.25) is 0 Å². The molecule has 0 radical (unpaired) electrons. The maximum Gasteiger partial charge on any atom is 0.0684 e. The minimum absolute atomic E-state index is 0.724. The van der Waals surface area contributed by atoms with Crippen LogP contribution in [0.3, 0.4) is 0 Å². The molecular weight excluding hydrogens is 360 g/mol. The van der Waals surface area contributed by atoms with Crippen LogP contribution in [-0.4, -0.2) is 14.8 Å². The summed E-state index contributed by atoms with van der Waals surface area (Å²) in [6.07, 6.45) is 3.84. The molecule has 1 N–H and O–H groups in total. The zero-order chi connectivity index (χ0) is 13.1. The number of halogens is 2.